The zero-order valence-electron chi connectivity index (χ0n) is 53.6. The van der Waals surface area contributed by atoms with Crippen LogP contribution in [0.4, 0.5) is 0 Å². The average molecular weight is 1360 g/mol. The predicted molar refractivity (Wildman–Crippen MR) is 373 cm³/mol. The van der Waals surface area contributed by atoms with Crippen LogP contribution in [0.3, 0.4) is 0 Å². The summed E-state index contributed by atoms with van der Waals surface area (Å²) in [5.41, 5.74) is 5.90. The molecule has 12 unspecified atom stereocenters. The Balaban J connectivity index is 1.08. The molecule has 0 saturated heterocycles. The monoisotopic (exact) mass is 1360 g/mol. The number of benzene rings is 12. The van der Waals surface area contributed by atoms with Crippen LogP contribution in [-0.2, 0) is 0 Å². The smallest absolute Gasteiger partial charge is 0.135 e. The third-order valence-corrected chi connectivity index (χ3v) is 22.0. The molecule has 17 N–H and O–H groups in total. The van der Waals surface area contributed by atoms with Gasteiger partial charge in [0.1, 0.15) is 110 Å². The van der Waals surface area contributed by atoms with E-state index in [-0.39, 0.29) is 125 Å². The quantitative estimate of drug-likeness (QED) is 0.0605. The minimum atomic E-state index is -1.52. The number of hydrogen-bond acceptors (Lipinski definition) is 18. The molecule has 5 aliphatic rings. The number of fused-ring (bicyclic) bond motifs is 3. The number of rotatable bonds is 10. The first-order valence-corrected chi connectivity index (χ1v) is 33.2. The molecular formula is C84H64O18. The van der Waals surface area contributed by atoms with E-state index in [0.29, 0.717) is 55.6 Å². The van der Waals surface area contributed by atoms with Crippen molar-refractivity contribution in [3.8, 4) is 103 Å². The van der Waals surface area contributed by atoms with Gasteiger partial charge in [-0.2, -0.15) is 0 Å². The first-order valence-electron chi connectivity index (χ1n) is 33.2. The lowest BCUT2D eigenvalue weighted by atomic mass is 9.68. The second-order valence-corrected chi connectivity index (χ2v) is 27.5. The second-order valence-electron chi connectivity index (χ2n) is 27.5. The van der Waals surface area contributed by atoms with Gasteiger partial charge in [0.2, 0.25) is 0 Å². The van der Waals surface area contributed by atoms with Crippen molar-refractivity contribution in [3.63, 3.8) is 0 Å². The molecule has 4 aliphatic carbocycles. The molecule has 0 bridgehead atoms. The Kier molecular flexibility index (Phi) is 14.1. The molecule has 17 rings (SSSR count). The maximum atomic E-state index is 15.1. The van der Waals surface area contributed by atoms with Crippen molar-refractivity contribution in [2.24, 2.45) is 0 Å². The van der Waals surface area contributed by atoms with Gasteiger partial charge in [-0.25, -0.2) is 0 Å². The number of aromatic hydroxyl groups is 17. The number of ether oxygens (including phenoxy) is 1. The van der Waals surface area contributed by atoms with Gasteiger partial charge in [0.25, 0.3) is 0 Å². The molecule has 12 aromatic carbocycles. The third kappa shape index (κ3) is 9.60. The molecule has 12 atom stereocenters. The summed E-state index contributed by atoms with van der Waals surface area (Å²) in [6.45, 7) is 0. The van der Waals surface area contributed by atoms with Crippen LogP contribution in [0.2, 0.25) is 0 Å². The Hall–Kier alpha value is -13.0. The van der Waals surface area contributed by atoms with Crippen molar-refractivity contribution in [1.29, 1.82) is 0 Å². The Morgan fingerprint density at radius 2 is 0.578 bits per heavy atom. The fraction of sp³-hybridized carbons (Fsp3) is 0.143. The van der Waals surface area contributed by atoms with E-state index in [1.165, 1.54) is 121 Å². The van der Waals surface area contributed by atoms with Crippen LogP contribution in [0.1, 0.15) is 177 Å². The zero-order valence-corrected chi connectivity index (χ0v) is 53.6. The third-order valence-electron chi connectivity index (χ3n) is 22.0. The maximum Gasteiger partial charge on any atom is 0.135 e. The molecule has 12 aromatic rings. The van der Waals surface area contributed by atoms with Gasteiger partial charge in [-0.1, -0.05) is 72.8 Å². The number of hydrogen-bond donors (Lipinski definition) is 17. The lowest BCUT2D eigenvalue weighted by Gasteiger charge is -2.35. The van der Waals surface area contributed by atoms with Crippen LogP contribution < -0.4 is 4.74 Å². The van der Waals surface area contributed by atoms with Crippen LogP contribution >= 0.6 is 0 Å². The average Bonchev–Trinajstić information content (AvgIpc) is 1.52. The van der Waals surface area contributed by atoms with E-state index in [4.69, 9.17) is 4.74 Å². The van der Waals surface area contributed by atoms with Crippen LogP contribution in [0.25, 0.3) is 0 Å². The summed E-state index contributed by atoms with van der Waals surface area (Å²) in [4.78, 5) is 0. The summed E-state index contributed by atoms with van der Waals surface area (Å²) < 4.78 is 7.75. The largest absolute Gasteiger partial charge is 0.508 e. The SMILES string of the molecule is Oc1ccc(C2Oc3c4c5c(c(O)c3C(c3ccc(O)cc3)C3c6cc(O)cc(O)c6C(c6ccc(O)cc6)C6c7c3c(O)cc(O)c7C(c3cc(O)cc(O)c3)C6c3ccc(O)cc3)C(c3cc(O)cc(O)c3)C(c3ccc(O)cc3)C5C(c3ccc(O)cc3)c3c(O)cc(O)cc3C42)cc1. The summed E-state index contributed by atoms with van der Waals surface area (Å²) in [7, 11) is 0. The highest BCUT2D eigenvalue weighted by Crippen LogP contribution is 2.75. The fourth-order valence-electron chi connectivity index (χ4n) is 18.6. The van der Waals surface area contributed by atoms with E-state index in [2.05, 4.69) is 0 Å². The molecule has 0 radical (unpaired) electrons. The van der Waals surface area contributed by atoms with E-state index in [1.807, 2.05) is 0 Å². The van der Waals surface area contributed by atoms with E-state index in [9.17, 15) is 81.7 Å². The Morgan fingerprint density at radius 1 is 0.235 bits per heavy atom. The van der Waals surface area contributed by atoms with E-state index >= 15 is 5.11 Å². The van der Waals surface area contributed by atoms with Gasteiger partial charge in [-0.05, 0) is 176 Å². The minimum absolute atomic E-state index is 0.0172. The summed E-state index contributed by atoms with van der Waals surface area (Å²) in [6.07, 6.45) is -1.20. The van der Waals surface area contributed by atoms with Gasteiger partial charge in [-0.15, -0.1) is 0 Å². The number of phenolic OH excluding ortho intramolecular Hbond substituents is 17. The molecule has 18 heteroatoms. The first kappa shape index (κ1) is 62.6. The number of phenols is 17. The van der Waals surface area contributed by atoms with E-state index in [0.717, 1.165) is 12.1 Å². The van der Waals surface area contributed by atoms with Crippen molar-refractivity contribution >= 4 is 0 Å². The van der Waals surface area contributed by atoms with Crippen molar-refractivity contribution < 1.29 is 91.5 Å². The second kappa shape index (κ2) is 23.1. The van der Waals surface area contributed by atoms with Gasteiger partial charge in [0.05, 0.1) is 5.92 Å². The summed E-state index contributed by atoms with van der Waals surface area (Å²) in [5.74, 6) is -17.5. The predicted octanol–water partition coefficient (Wildman–Crippen LogP) is 15.2. The van der Waals surface area contributed by atoms with Crippen LogP contribution in [0.5, 0.6) is 103 Å². The summed E-state index contributed by atoms with van der Waals surface area (Å²) in [5, 5.41) is 206. The van der Waals surface area contributed by atoms with Gasteiger partial charge >= 0.3 is 0 Å². The molecular weight excluding hydrogens is 1300 g/mol. The van der Waals surface area contributed by atoms with Crippen LogP contribution in [0.15, 0.2) is 212 Å². The molecule has 0 aromatic heterocycles. The summed E-state index contributed by atoms with van der Waals surface area (Å²) >= 11 is 0. The van der Waals surface area contributed by atoms with Crippen molar-refractivity contribution in [3.05, 3.63) is 318 Å². The standard InChI is InChI=1S/C84H64O18/c85-44-13-1-36(2-14-44)62-67(42-25-50(91)29-51(92)26-42)73-60(99)35-61(100)74-71(56-31-54(95)33-58(97)69(56)64(75(62)77(73)74)38-5-17-46(87)18-6-38)66(40-9-21-48(89)22-10-40)81-82(101)79-68(43-27-52(93)30-53(94)28-43)63(37-3-15-45(86)16-4-37)76-65(39-7-19-47(88)20-8-39)70-57(32-55(96)34-59(70)98)72-80(78(76)79)84(81)102-83(72)41-11-23-49(90)24-12-41/h1-35,62-68,71-72,75-76,83,85-101H. The minimum Gasteiger partial charge on any atom is -0.508 e. The maximum absolute atomic E-state index is 15.1. The van der Waals surface area contributed by atoms with Crippen LogP contribution in [-0.4, -0.2) is 86.8 Å². The Bertz CT molecular complexity index is 5370. The molecule has 102 heavy (non-hydrogen) atoms. The summed E-state index contributed by atoms with van der Waals surface area (Å²) in [6, 6.07) is 52.5. The fourth-order valence-corrected chi connectivity index (χ4v) is 18.6. The van der Waals surface area contributed by atoms with Crippen molar-refractivity contribution in [2.45, 2.75) is 71.2 Å². The normalized spacial score (nSPS) is 21.9. The molecule has 0 amide bonds. The molecule has 508 valence electrons. The van der Waals surface area contributed by atoms with Crippen LogP contribution in [0, 0.1) is 0 Å². The zero-order chi connectivity index (χ0) is 70.7. The Morgan fingerprint density at radius 3 is 1.03 bits per heavy atom. The molecule has 1 aliphatic heterocycles. The lowest BCUT2D eigenvalue weighted by molar-refractivity contribution is 0.218. The van der Waals surface area contributed by atoms with Gasteiger partial charge in [0, 0.05) is 128 Å². The highest BCUT2D eigenvalue weighted by molar-refractivity contribution is 5.79. The van der Waals surface area contributed by atoms with Gasteiger partial charge in [-0.3, -0.25) is 0 Å². The molecule has 0 saturated carbocycles. The highest BCUT2D eigenvalue weighted by Gasteiger charge is 2.60. The van der Waals surface area contributed by atoms with Crippen molar-refractivity contribution in [2.75, 3.05) is 0 Å². The topological polar surface area (TPSA) is 353 Å². The van der Waals surface area contributed by atoms with Crippen molar-refractivity contribution in [1.82, 2.24) is 0 Å². The highest BCUT2D eigenvalue weighted by atomic mass is 16.5. The van der Waals surface area contributed by atoms with Gasteiger partial charge < -0.3 is 91.5 Å². The molecule has 0 fully saturated rings. The van der Waals surface area contributed by atoms with E-state index in [1.54, 1.807) is 78.9 Å². The lowest BCUT2D eigenvalue weighted by Crippen LogP contribution is -2.20. The first-order chi connectivity index (χ1) is 49.1. The molecule has 1 heterocycles. The van der Waals surface area contributed by atoms with E-state index < -0.39 is 99.9 Å². The molecule has 0 spiro atoms. The Labute approximate surface area is 581 Å². The van der Waals surface area contributed by atoms with Gasteiger partial charge in [0.15, 0.2) is 0 Å². The molecule has 18 nitrogen and oxygen atoms in total.